The Labute approximate surface area is 204 Å². The van der Waals surface area contributed by atoms with Crippen molar-refractivity contribution in [3.63, 3.8) is 0 Å². The van der Waals surface area contributed by atoms with Gasteiger partial charge in [0.2, 0.25) is 15.9 Å². The number of hydrogen-bond donors (Lipinski definition) is 0. The number of benzene rings is 2. The Morgan fingerprint density at radius 3 is 2.56 bits per heavy atom. The zero-order chi connectivity index (χ0) is 23.7. The van der Waals surface area contributed by atoms with Crippen LogP contribution in [-0.4, -0.2) is 61.8 Å². The van der Waals surface area contributed by atoms with Crippen LogP contribution < -0.4 is 4.74 Å². The number of likely N-dealkylation sites (tertiary alicyclic amines) is 1. The first-order valence-corrected chi connectivity index (χ1v) is 14.0. The Kier molecular flexibility index (Phi) is 6.59. The summed E-state index contributed by atoms with van der Waals surface area (Å²) in [6.45, 7) is 2.05. The molecule has 3 aromatic rings. The molecule has 34 heavy (non-hydrogen) atoms. The smallest absolute Gasteiger partial charge is 0.243 e. The zero-order valence-corrected chi connectivity index (χ0v) is 20.9. The summed E-state index contributed by atoms with van der Waals surface area (Å²) in [7, 11) is -2.11. The fourth-order valence-corrected chi connectivity index (χ4v) is 7.58. The standard InChI is InChI=1S/C25H29N3O4S2/c1-32-20-10-12-21(13-11-20)34(30,31)28-15-5-7-19(17-28)25(29)27-14-4-6-18(16-27)24-26-22-8-2-3-9-23(22)33-24/h2-3,8-13,18-19H,4-7,14-17H2,1H3/t18-,19+/m0/s1. The Bertz CT molecular complexity index is 1240. The van der Waals surface area contributed by atoms with E-state index in [2.05, 4.69) is 6.07 Å². The number of ether oxygens (including phenoxy) is 1. The van der Waals surface area contributed by atoms with E-state index in [1.165, 1.54) is 9.01 Å². The molecule has 2 atom stereocenters. The second-order valence-corrected chi connectivity index (χ2v) is 12.0. The maximum Gasteiger partial charge on any atom is 0.243 e. The minimum Gasteiger partial charge on any atom is -0.497 e. The highest BCUT2D eigenvalue weighted by atomic mass is 32.2. The number of aromatic nitrogens is 1. The topological polar surface area (TPSA) is 79.8 Å². The number of methoxy groups -OCH3 is 1. The summed E-state index contributed by atoms with van der Waals surface area (Å²) in [5.74, 6) is 0.604. The fraction of sp³-hybridized carbons (Fsp3) is 0.440. The predicted molar refractivity (Wildman–Crippen MR) is 133 cm³/mol. The van der Waals surface area contributed by atoms with Crippen LogP contribution >= 0.6 is 11.3 Å². The van der Waals surface area contributed by atoms with Gasteiger partial charge in [-0.2, -0.15) is 4.31 Å². The average molecular weight is 500 g/mol. The van der Waals surface area contributed by atoms with E-state index in [1.54, 1.807) is 42.7 Å². The lowest BCUT2D eigenvalue weighted by Crippen LogP contribution is -2.48. The molecule has 0 radical (unpaired) electrons. The number of amides is 1. The largest absolute Gasteiger partial charge is 0.497 e. The molecule has 2 aliphatic heterocycles. The molecule has 0 spiro atoms. The van der Waals surface area contributed by atoms with Crippen LogP contribution in [0.5, 0.6) is 5.75 Å². The molecule has 9 heteroatoms. The van der Waals surface area contributed by atoms with Crippen molar-refractivity contribution < 1.29 is 17.9 Å². The van der Waals surface area contributed by atoms with Crippen molar-refractivity contribution in [2.24, 2.45) is 5.92 Å². The number of carbonyl (C=O) groups is 1. The summed E-state index contributed by atoms with van der Waals surface area (Å²) in [5.41, 5.74) is 1.01. The molecule has 1 aromatic heterocycles. The molecule has 0 bridgehead atoms. The van der Waals surface area contributed by atoms with Crippen LogP contribution in [0.25, 0.3) is 10.2 Å². The van der Waals surface area contributed by atoms with Gasteiger partial charge in [-0.05, 0) is 62.1 Å². The number of sulfonamides is 1. The zero-order valence-electron chi connectivity index (χ0n) is 19.2. The molecule has 7 nitrogen and oxygen atoms in total. The van der Waals surface area contributed by atoms with Gasteiger partial charge in [0, 0.05) is 32.1 Å². The molecule has 5 rings (SSSR count). The van der Waals surface area contributed by atoms with Gasteiger partial charge >= 0.3 is 0 Å². The molecule has 2 saturated heterocycles. The fourth-order valence-electron chi connectivity index (χ4n) is 4.96. The van der Waals surface area contributed by atoms with Crippen LogP contribution in [0.1, 0.15) is 36.6 Å². The van der Waals surface area contributed by atoms with E-state index in [4.69, 9.17) is 9.72 Å². The first-order valence-electron chi connectivity index (χ1n) is 11.7. The Morgan fingerprint density at radius 2 is 1.79 bits per heavy atom. The Balaban J connectivity index is 1.28. The minimum atomic E-state index is -3.65. The van der Waals surface area contributed by atoms with E-state index in [1.807, 2.05) is 23.1 Å². The van der Waals surface area contributed by atoms with Gasteiger partial charge in [-0.1, -0.05) is 12.1 Å². The van der Waals surface area contributed by atoms with E-state index < -0.39 is 10.0 Å². The number of nitrogens with zero attached hydrogens (tertiary/aromatic N) is 3. The van der Waals surface area contributed by atoms with Crippen molar-refractivity contribution in [1.29, 1.82) is 0 Å². The summed E-state index contributed by atoms with van der Waals surface area (Å²) in [4.78, 5) is 20.5. The molecular formula is C25H29N3O4S2. The highest BCUT2D eigenvalue weighted by molar-refractivity contribution is 7.89. The number of fused-ring (bicyclic) bond motifs is 1. The van der Waals surface area contributed by atoms with Crippen LogP contribution in [0.4, 0.5) is 0 Å². The maximum absolute atomic E-state index is 13.5. The minimum absolute atomic E-state index is 0.0699. The highest BCUT2D eigenvalue weighted by Crippen LogP contribution is 2.34. The van der Waals surface area contributed by atoms with E-state index in [9.17, 15) is 13.2 Å². The van der Waals surface area contributed by atoms with Crippen molar-refractivity contribution in [2.45, 2.75) is 36.5 Å². The Hall–Kier alpha value is -2.49. The van der Waals surface area contributed by atoms with Gasteiger partial charge in [0.1, 0.15) is 5.75 Å². The SMILES string of the molecule is COc1ccc(S(=O)(=O)N2CCC[C@@H](C(=O)N3CCC[C@H](c4nc5ccccc5s4)C3)C2)cc1. The van der Waals surface area contributed by atoms with E-state index in [0.29, 0.717) is 25.3 Å². The molecular weight excluding hydrogens is 470 g/mol. The van der Waals surface area contributed by atoms with Crippen LogP contribution in [0, 0.1) is 5.92 Å². The third kappa shape index (κ3) is 4.56. The first-order chi connectivity index (χ1) is 16.5. The Morgan fingerprint density at radius 1 is 1.03 bits per heavy atom. The molecule has 0 aliphatic carbocycles. The molecule has 2 aliphatic rings. The highest BCUT2D eigenvalue weighted by Gasteiger charge is 2.36. The van der Waals surface area contributed by atoms with Gasteiger partial charge < -0.3 is 9.64 Å². The molecule has 2 fully saturated rings. The quantitative estimate of drug-likeness (QED) is 0.528. The van der Waals surface area contributed by atoms with Crippen molar-refractivity contribution >= 4 is 37.5 Å². The molecule has 2 aromatic carbocycles. The summed E-state index contributed by atoms with van der Waals surface area (Å²) in [5, 5.41) is 1.09. The number of piperidine rings is 2. The third-order valence-corrected chi connectivity index (χ3v) is 9.90. The number of rotatable bonds is 5. The molecule has 0 unspecified atom stereocenters. The van der Waals surface area contributed by atoms with Crippen LogP contribution in [-0.2, 0) is 14.8 Å². The van der Waals surface area contributed by atoms with Crippen LogP contribution in [0.3, 0.4) is 0 Å². The van der Waals surface area contributed by atoms with E-state index in [-0.39, 0.29) is 29.2 Å². The van der Waals surface area contributed by atoms with Gasteiger partial charge in [-0.25, -0.2) is 13.4 Å². The first kappa shape index (κ1) is 23.3. The van der Waals surface area contributed by atoms with Gasteiger partial charge in [-0.15, -0.1) is 11.3 Å². The van der Waals surface area contributed by atoms with Crippen molar-refractivity contribution in [1.82, 2.24) is 14.2 Å². The number of para-hydroxylation sites is 1. The maximum atomic E-state index is 13.5. The number of thiazole rings is 1. The molecule has 1 amide bonds. The summed E-state index contributed by atoms with van der Waals surface area (Å²) in [6.07, 6.45) is 3.36. The summed E-state index contributed by atoms with van der Waals surface area (Å²) < 4.78 is 34.2. The lowest BCUT2D eigenvalue weighted by atomic mass is 9.94. The van der Waals surface area contributed by atoms with Gasteiger partial charge in [-0.3, -0.25) is 4.79 Å². The van der Waals surface area contributed by atoms with Crippen molar-refractivity contribution in [3.8, 4) is 5.75 Å². The van der Waals surface area contributed by atoms with E-state index >= 15 is 0 Å². The van der Waals surface area contributed by atoms with Crippen LogP contribution in [0.15, 0.2) is 53.4 Å². The monoisotopic (exact) mass is 499 g/mol. The molecule has 0 saturated carbocycles. The average Bonchev–Trinajstić information content (AvgIpc) is 3.33. The molecule has 3 heterocycles. The predicted octanol–water partition coefficient (Wildman–Crippen LogP) is 4.11. The lowest BCUT2D eigenvalue weighted by molar-refractivity contribution is -0.137. The van der Waals surface area contributed by atoms with Gasteiger partial charge in [0.15, 0.2) is 0 Å². The molecule has 0 N–H and O–H groups in total. The number of carbonyl (C=O) groups excluding carboxylic acids is 1. The number of hydrogen-bond acceptors (Lipinski definition) is 6. The summed E-state index contributed by atoms with van der Waals surface area (Å²) >= 11 is 1.71. The van der Waals surface area contributed by atoms with Crippen molar-refractivity contribution in [2.75, 3.05) is 33.3 Å². The second-order valence-electron chi connectivity index (χ2n) is 9.02. The lowest BCUT2D eigenvalue weighted by Gasteiger charge is -2.37. The van der Waals surface area contributed by atoms with Gasteiger partial charge in [0.05, 0.1) is 33.1 Å². The summed E-state index contributed by atoms with van der Waals surface area (Å²) in [6, 6.07) is 14.6. The van der Waals surface area contributed by atoms with E-state index in [0.717, 1.165) is 36.3 Å². The van der Waals surface area contributed by atoms with Crippen molar-refractivity contribution in [3.05, 3.63) is 53.5 Å². The van der Waals surface area contributed by atoms with Gasteiger partial charge in [0.25, 0.3) is 0 Å². The third-order valence-electron chi connectivity index (χ3n) is 6.82. The second kappa shape index (κ2) is 9.64. The normalized spacial score (nSPS) is 22.1. The van der Waals surface area contributed by atoms with Crippen LogP contribution in [0.2, 0.25) is 0 Å². The molecule has 180 valence electrons.